The second kappa shape index (κ2) is 4.88. The van der Waals surface area contributed by atoms with E-state index in [0.29, 0.717) is 0 Å². The van der Waals surface area contributed by atoms with Crippen LogP contribution in [0.1, 0.15) is 34.6 Å². The van der Waals surface area contributed by atoms with E-state index < -0.39 is 0 Å². The highest BCUT2D eigenvalue weighted by molar-refractivity contribution is 5.99. The molecule has 1 rings (SSSR count). The fourth-order valence-electron chi connectivity index (χ4n) is 0.916. The van der Waals surface area contributed by atoms with E-state index in [-0.39, 0.29) is 6.17 Å². The molecule has 0 aromatic rings. The van der Waals surface area contributed by atoms with Crippen LogP contribution < -0.4 is 5.32 Å². The fourth-order valence-corrected chi connectivity index (χ4v) is 0.916. The molecule has 0 saturated heterocycles. The molecule has 1 aliphatic rings. The highest BCUT2D eigenvalue weighted by atomic mass is 15.2. The molecule has 0 atom stereocenters. The summed E-state index contributed by atoms with van der Waals surface area (Å²) in [5.41, 5.74) is 0. The minimum atomic E-state index is 0.103. The minimum absolute atomic E-state index is 0.103. The summed E-state index contributed by atoms with van der Waals surface area (Å²) in [4.78, 5) is 8.30. The van der Waals surface area contributed by atoms with Gasteiger partial charge in [0.15, 0.2) is 0 Å². The molecule has 0 aromatic heterocycles. The average molecular weight is 155 g/mol. The van der Waals surface area contributed by atoms with Crippen molar-refractivity contribution in [3.63, 3.8) is 0 Å². The molecule has 0 saturated carbocycles. The van der Waals surface area contributed by atoms with Gasteiger partial charge in [0.1, 0.15) is 17.8 Å². The van der Waals surface area contributed by atoms with E-state index in [1.165, 1.54) is 0 Å². The molecule has 0 fully saturated rings. The van der Waals surface area contributed by atoms with Gasteiger partial charge in [-0.2, -0.15) is 0 Å². The molecule has 0 amide bonds. The lowest BCUT2D eigenvalue weighted by Gasteiger charge is -2.13. The van der Waals surface area contributed by atoms with Crippen LogP contribution in [0.25, 0.3) is 0 Å². The van der Waals surface area contributed by atoms with E-state index in [1.807, 2.05) is 34.6 Å². The number of hydrogen-bond donors (Lipinski definition) is 1. The number of nitrogens with one attached hydrogen (secondary N) is 1. The maximum absolute atomic E-state index is 4.15. The molecule has 0 spiro atoms. The Labute approximate surface area is 68.6 Å². The van der Waals surface area contributed by atoms with Gasteiger partial charge in [-0.15, -0.1) is 0 Å². The van der Waals surface area contributed by atoms with Crippen LogP contribution in [-0.4, -0.2) is 17.8 Å². The zero-order chi connectivity index (χ0) is 8.85. The Morgan fingerprint density at radius 3 is 1.73 bits per heavy atom. The first-order chi connectivity index (χ1) is 5.18. The first-order valence-electron chi connectivity index (χ1n) is 4.04. The Balaban J connectivity index is 0.000000461. The van der Waals surface area contributed by atoms with Crippen molar-refractivity contribution in [2.45, 2.75) is 40.8 Å². The van der Waals surface area contributed by atoms with Crippen molar-refractivity contribution in [1.29, 1.82) is 0 Å². The van der Waals surface area contributed by atoms with Gasteiger partial charge >= 0.3 is 0 Å². The maximum atomic E-state index is 4.15. The molecule has 0 unspecified atom stereocenters. The van der Waals surface area contributed by atoms with Gasteiger partial charge in [0.05, 0.1) is 0 Å². The molecule has 3 nitrogen and oxygen atoms in total. The van der Waals surface area contributed by atoms with Gasteiger partial charge in [-0.25, -0.2) is 9.98 Å². The van der Waals surface area contributed by atoms with E-state index in [9.17, 15) is 0 Å². The van der Waals surface area contributed by atoms with Crippen LogP contribution in [-0.2, 0) is 0 Å². The largest absolute Gasteiger partial charge is 0.333 e. The molecule has 11 heavy (non-hydrogen) atoms. The van der Waals surface area contributed by atoms with Crippen LogP contribution >= 0.6 is 0 Å². The number of aliphatic imine (C=N–C) groups is 2. The Morgan fingerprint density at radius 2 is 1.45 bits per heavy atom. The number of nitrogens with zero attached hydrogens (tertiary/aromatic N) is 2. The van der Waals surface area contributed by atoms with E-state index in [1.54, 1.807) is 0 Å². The van der Waals surface area contributed by atoms with Gasteiger partial charge in [-0.1, -0.05) is 13.8 Å². The highest BCUT2D eigenvalue weighted by Gasteiger charge is 2.03. The average Bonchev–Trinajstić information content (AvgIpc) is 1.88. The lowest BCUT2D eigenvalue weighted by molar-refractivity contribution is 0.767. The Hall–Kier alpha value is -0.860. The molecule has 1 aliphatic heterocycles. The normalized spacial score (nSPS) is 17.2. The molecule has 0 radical (unpaired) electrons. The van der Waals surface area contributed by atoms with Gasteiger partial charge in [0.25, 0.3) is 0 Å². The summed E-state index contributed by atoms with van der Waals surface area (Å²) >= 11 is 0. The molecular weight excluding hydrogens is 138 g/mol. The zero-order valence-corrected chi connectivity index (χ0v) is 7.97. The first kappa shape index (κ1) is 10.1. The third-order valence-electron chi connectivity index (χ3n) is 1.12. The number of amidine groups is 2. The quantitative estimate of drug-likeness (QED) is 0.569. The summed E-state index contributed by atoms with van der Waals surface area (Å²) in [5.74, 6) is 1.91. The van der Waals surface area contributed by atoms with Crippen molar-refractivity contribution < 1.29 is 0 Å². The predicted molar refractivity (Wildman–Crippen MR) is 50.2 cm³/mol. The molecule has 1 heterocycles. The summed E-state index contributed by atoms with van der Waals surface area (Å²) in [6.45, 7) is 9.84. The van der Waals surface area contributed by atoms with E-state index in [0.717, 1.165) is 11.7 Å². The number of hydrogen-bond acceptors (Lipinski definition) is 3. The van der Waals surface area contributed by atoms with Crippen molar-refractivity contribution >= 4 is 11.7 Å². The van der Waals surface area contributed by atoms with E-state index in [2.05, 4.69) is 15.3 Å². The Bertz CT molecular complexity index is 152. The zero-order valence-electron chi connectivity index (χ0n) is 7.97. The van der Waals surface area contributed by atoms with Crippen LogP contribution in [0.3, 0.4) is 0 Å². The topological polar surface area (TPSA) is 36.8 Å². The van der Waals surface area contributed by atoms with Crippen LogP contribution in [0, 0.1) is 0 Å². The van der Waals surface area contributed by atoms with Gasteiger partial charge in [-0.05, 0) is 20.8 Å². The molecule has 0 aliphatic carbocycles. The smallest absolute Gasteiger partial charge is 0.140 e. The van der Waals surface area contributed by atoms with Gasteiger partial charge in [-0.3, -0.25) is 0 Å². The first-order valence-corrected chi connectivity index (χ1v) is 4.04. The molecular formula is C8H17N3. The summed E-state index contributed by atoms with van der Waals surface area (Å²) in [7, 11) is 0. The predicted octanol–water partition coefficient (Wildman–Crippen LogP) is 1.80. The molecule has 3 heteroatoms. The lowest BCUT2D eigenvalue weighted by atomic mass is 10.4. The van der Waals surface area contributed by atoms with Crippen molar-refractivity contribution in [2.24, 2.45) is 9.98 Å². The summed E-state index contributed by atoms with van der Waals surface area (Å²) in [6.07, 6.45) is 0.103. The van der Waals surface area contributed by atoms with Crippen LogP contribution in [0.2, 0.25) is 0 Å². The van der Waals surface area contributed by atoms with Crippen molar-refractivity contribution in [3.8, 4) is 0 Å². The molecule has 0 aromatic carbocycles. The molecule has 64 valence electrons. The van der Waals surface area contributed by atoms with E-state index in [4.69, 9.17) is 0 Å². The summed E-state index contributed by atoms with van der Waals surface area (Å²) < 4.78 is 0. The van der Waals surface area contributed by atoms with Crippen molar-refractivity contribution in [2.75, 3.05) is 0 Å². The van der Waals surface area contributed by atoms with Crippen molar-refractivity contribution in [1.82, 2.24) is 5.32 Å². The standard InChI is InChI=1S/C6H11N3.C2H6/c1-4-7-5(2)9-6(3)8-4;1-2/h4H,1-3H3,(H,7,8,9);1-2H3. The third kappa shape index (κ3) is 3.75. The summed E-state index contributed by atoms with van der Waals surface area (Å²) in [5, 5.41) is 3.01. The second-order valence-electron chi connectivity index (χ2n) is 2.19. The SMILES string of the molecule is CC.CC1=NC(C)N=C(C)N1. The van der Waals surface area contributed by atoms with Gasteiger partial charge < -0.3 is 5.32 Å². The Kier molecular flexibility index (Phi) is 4.50. The Morgan fingerprint density at radius 1 is 1.09 bits per heavy atom. The van der Waals surface area contributed by atoms with Crippen LogP contribution in [0.15, 0.2) is 9.98 Å². The highest BCUT2D eigenvalue weighted by Crippen LogP contribution is 1.96. The van der Waals surface area contributed by atoms with Crippen molar-refractivity contribution in [3.05, 3.63) is 0 Å². The maximum Gasteiger partial charge on any atom is 0.140 e. The molecule has 1 N–H and O–H groups in total. The van der Waals surface area contributed by atoms with Gasteiger partial charge in [0, 0.05) is 0 Å². The lowest BCUT2D eigenvalue weighted by Crippen LogP contribution is -2.31. The van der Waals surface area contributed by atoms with E-state index >= 15 is 0 Å². The van der Waals surface area contributed by atoms with Gasteiger partial charge in [0.2, 0.25) is 0 Å². The third-order valence-corrected chi connectivity index (χ3v) is 1.12. The monoisotopic (exact) mass is 155 g/mol. The minimum Gasteiger partial charge on any atom is -0.333 e. The summed E-state index contributed by atoms with van der Waals surface area (Å²) in [6, 6.07) is 0. The second-order valence-corrected chi connectivity index (χ2v) is 2.19. The number of rotatable bonds is 0. The van der Waals surface area contributed by atoms with Crippen LogP contribution in [0.4, 0.5) is 0 Å². The molecule has 0 bridgehead atoms. The van der Waals surface area contributed by atoms with Crippen LogP contribution in [0.5, 0.6) is 0 Å². The fraction of sp³-hybridized carbons (Fsp3) is 0.750.